The molecule has 0 saturated heterocycles. The summed E-state index contributed by atoms with van der Waals surface area (Å²) in [6, 6.07) is 0. The summed E-state index contributed by atoms with van der Waals surface area (Å²) in [5, 5.41) is 11.1. The Balaban J connectivity index is 1.48. The maximum atomic E-state index is 11.7. The van der Waals surface area contributed by atoms with E-state index in [9.17, 15) is 14.7 Å². The van der Waals surface area contributed by atoms with Gasteiger partial charge in [-0.2, -0.15) is 0 Å². The highest BCUT2D eigenvalue weighted by Gasteiger charge is 2.62. The third-order valence-corrected chi connectivity index (χ3v) is 10.8. The summed E-state index contributed by atoms with van der Waals surface area (Å²) in [4.78, 5) is 23.2. The van der Waals surface area contributed by atoms with Gasteiger partial charge in [0, 0.05) is 13.3 Å². The number of rotatable bonds is 5. The van der Waals surface area contributed by atoms with E-state index >= 15 is 0 Å². The van der Waals surface area contributed by atoms with Crippen molar-refractivity contribution in [2.75, 3.05) is 7.11 Å². The van der Waals surface area contributed by atoms with Gasteiger partial charge in [0.1, 0.15) is 6.10 Å². The second-order valence-corrected chi connectivity index (χ2v) is 12.1. The number of carbonyl (C=O) groups is 2. The Hall–Kier alpha value is -1.10. The van der Waals surface area contributed by atoms with Gasteiger partial charge in [0.05, 0.1) is 13.2 Å². The lowest BCUT2D eigenvalue weighted by Crippen LogP contribution is -2.58. The molecule has 0 spiro atoms. The monoisotopic (exact) mass is 448 g/mol. The molecule has 5 heteroatoms. The molecule has 0 aromatic heterocycles. The zero-order chi connectivity index (χ0) is 23.3. The molecule has 182 valence electrons. The van der Waals surface area contributed by atoms with Gasteiger partial charge in [0.25, 0.3) is 0 Å². The quantitative estimate of drug-likeness (QED) is 0.590. The molecule has 0 bridgehead atoms. The smallest absolute Gasteiger partial charge is 0.305 e. The minimum atomic E-state index is -0.526. The molecule has 1 N–H and O–H groups in total. The molecule has 4 aliphatic carbocycles. The standard InChI is InChI=1S/C27H44O5/c1-16(6-11-24(29)31-5)19-9-10-20-18-7-8-22-25(30)23(32-17(2)28)13-15-27(22,4)21(18)12-14-26(19,20)3/h16,18-23,25,30H,6-15H2,1-5H3/t16-,18+,19-,20+,21+,22+,23+,25-,26-,27-/m1/s1. The highest BCUT2D eigenvalue weighted by Crippen LogP contribution is 2.68. The highest BCUT2D eigenvalue weighted by atomic mass is 16.6. The van der Waals surface area contributed by atoms with E-state index in [2.05, 4.69) is 20.8 Å². The van der Waals surface area contributed by atoms with Gasteiger partial charge in [-0.25, -0.2) is 0 Å². The summed E-state index contributed by atoms with van der Waals surface area (Å²) in [6.45, 7) is 8.76. The van der Waals surface area contributed by atoms with E-state index in [0.717, 1.165) is 37.5 Å². The molecule has 4 aliphatic rings. The van der Waals surface area contributed by atoms with Crippen molar-refractivity contribution in [1.82, 2.24) is 0 Å². The van der Waals surface area contributed by atoms with Crippen LogP contribution in [0.1, 0.15) is 91.9 Å². The molecule has 5 nitrogen and oxygen atoms in total. The molecule has 0 unspecified atom stereocenters. The predicted molar refractivity (Wildman–Crippen MR) is 123 cm³/mol. The first-order chi connectivity index (χ1) is 15.1. The Morgan fingerprint density at radius 2 is 1.62 bits per heavy atom. The van der Waals surface area contributed by atoms with E-state index in [0.29, 0.717) is 29.6 Å². The lowest BCUT2D eigenvalue weighted by Gasteiger charge is -2.62. The van der Waals surface area contributed by atoms with Crippen molar-refractivity contribution in [3.8, 4) is 0 Å². The van der Waals surface area contributed by atoms with E-state index in [1.54, 1.807) is 0 Å². The molecule has 4 saturated carbocycles. The molecule has 0 amide bonds. The van der Waals surface area contributed by atoms with Crippen molar-refractivity contribution in [2.45, 2.75) is 104 Å². The van der Waals surface area contributed by atoms with Gasteiger partial charge in [-0.3, -0.25) is 9.59 Å². The van der Waals surface area contributed by atoms with Crippen molar-refractivity contribution in [3.05, 3.63) is 0 Å². The maximum absolute atomic E-state index is 11.7. The van der Waals surface area contributed by atoms with Crippen molar-refractivity contribution < 1.29 is 24.2 Å². The topological polar surface area (TPSA) is 72.8 Å². The zero-order valence-electron chi connectivity index (χ0n) is 20.8. The van der Waals surface area contributed by atoms with Crippen LogP contribution < -0.4 is 0 Å². The van der Waals surface area contributed by atoms with Gasteiger partial charge in [-0.05, 0) is 104 Å². The van der Waals surface area contributed by atoms with Crippen LogP contribution in [-0.2, 0) is 19.1 Å². The fourth-order valence-electron chi connectivity index (χ4n) is 9.27. The first kappa shape index (κ1) is 24.0. The number of ether oxygens (including phenoxy) is 2. The van der Waals surface area contributed by atoms with Crippen molar-refractivity contribution in [3.63, 3.8) is 0 Å². The van der Waals surface area contributed by atoms with Crippen LogP contribution in [0.25, 0.3) is 0 Å². The van der Waals surface area contributed by atoms with Crippen LogP contribution in [0.2, 0.25) is 0 Å². The Labute approximate surface area is 194 Å². The van der Waals surface area contributed by atoms with Crippen LogP contribution in [0.5, 0.6) is 0 Å². The Kier molecular flexibility index (Phi) is 6.70. The Morgan fingerprint density at radius 3 is 2.31 bits per heavy atom. The van der Waals surface area contributed by atoms with Gasteiger partial charge in [-0.15, -0.1) is 0 Å². The number of hydrogen-bond acceptors (Lipinski definition) is 5. The molecule has 0 aromatic rings. The molecule has 4 rings (SSSR count). The lowest BCUT2D eigenvalue weighted by molar-refractivity contribution is -0.191. The van der Waals surface area contributed by atoms with Gasteiger partial charge >= 0.3 is 11.9 Å². The Morgan fingerprint density at radius 1 is 0.969 bits per heavy atom. The van der Waals surface area contributed by atoms with E-state index in [1.165, 1.54) is 46.1 Å². The molecule has 4 fully saturated rings. The van der Waals surface area contributed by atoms with E-state index in [-0.39, 0.29) is 29.4 Å². The summed E-state index contributed by atoms with van der Waals surface area (Å²) in [5.74, 6) is 3.27. The third kappa shape index (κ3) is 3.91. The molecule has 0 aliphatic heterocycles. The maximum Gasteiger partial charge on any atom is 0.305 e. The average Bonchev–Trinajstić information content (AvgIpc) is 3.11. The minimum Gasteiger partial charge on any atom is -0.469 e. The van der Waals surface area contributed by atoms with Crippen LogP contribution >= 0.6 is 0 Å². The number of aliphatic hydroxyl groups is 1. The van der Waals surface area contributed by atoms with Gasteiger partial charge in [-0.1, -0.05) is 20.8 Å². The molecule has 0 heterocycles. The fraction of sp³-hybridized carbons (Fsp3) is 0.926. The van der Waals surface area contributed by atoms with Crippen LogP contribution in [0.3, 0.4) is 0 Å². The predicted octanol–water partition coefficient (Wildman–Crippen LogP) is 5.14. The van der Waals surface area contributed by atoms with Crippen LogP contribution in [0.15, 0.2) is 0 Å². The summed E-state index contributed by atoms with van der Waals surface area (Å²) in [6.07, 6.45) is 9.78. The number of aliphatic hydroxyl groups excluding tert-OH is 1. The largest absolute Gasteiger partial charge is 0.469 e. The summed E-state index contributed by atoms with van der Waals surface area (Å²) in [5.41, 5.74) is 0.516. The number of carbonyl (C=O) groups excluding carboxylic acids is 2. The summed E-state index contributed by atoms with van der Waals surface area (Å²) < 4.78 is 10.4. The second-order valence-electron chi connectivity index (χ2n) is 12.1. The molecule has 0 aromatic carbocycles. The Bertz CT molecular complexity index is 721. The normalized spacial score (nSPS) is 46.4. The lowest BCUT2D eigenvalue weighted by atomic mass is 9.44. The third-order valence-electron chi connectivity index (χ3n) is 10.8. The average molecular weight is 449 g/mol. The number of methoxy groups -OCH3 is 1. The van der Waals surface area contributed by atoms with E-state index < -0.39 is 6.10 Å². The van der Waals surface area contributed by atoms with Crippen molar-refractivity contribution >= 4 is 11.9 Å². The van der Waals surface area contributed by atoms with Gasteiger partial charge < -0.3 is 14.6 Å². The number of esters is 2. The van der Waals surface area contributed by atoms with Gasteiger partial charge in [0.15, 0.2) is 0 Å². The molecule has 10 atom stereocenters. The first-order valence-corrected chi connectivity index (χ1v) is 13.0. The minimum absolute atomic E-state index is 0.0885. The van der Waals surface area contributed by atoms with E-state index in [1.807, 2.05) is 0 Å². The first-order valence-electron chi connectivity index (χ1n) is 13.0. The molecule has 32 heavy (non-hydrogen) atoms. The molecular formula is C27H44O5. The SMILES string of the molecule is COC(=O)CC[C@@H](C)[C@H]1CC[C@H]2[C@@H]3CC[C@H]4[C@@H](O)[C@@H](OC(C)=O)CC[C@]4(C)[C@H]3CC[C@]12C. The second kappa shape index (κ2) is 8.92. The molecular weight excluding hydrogens is 404 g/mol. The number of fused-ring (bicyclic) bond motifs is 5. The molecule has 0 radical (unpaired) electrons. The van der Waals surface area contributed by atoms with Crippen LogP contribution in [-0.4, -0.2) is 36.4 Å². The van der Waals surface area contributed by atoms with Crippen molar-refractivity contribution in [1.29, 1.82) is 0 Å². The van der Waals surface area contributed by atoms with Crippen LogP contribution in [0, 0.1) is 46.3 Å². The fourth-order valence-corrected chi connectivity index (χ4v) is 9.27. The zero-order valence-corrected chi connectivity index (χ0v) is 20.8. The summed E-state index contributed by atoms with van der Waals surface area (Å²) in [7, 11) is 1.48. The van der Waals surface area contributed by atoms with E-state index in [4.69, 9.17) is 9.47 Å². The van der Waals surface area contributed by atoms with Crippen molar-refractivity contribution in [2.24, 2.45) is 46.3 Å². The number of hydrogen-bond donors (Lipinski definition) is 1. The van der Waals surface area contributed by atoms with Crippen LogP contribution in [0.4, 0.5) is 0 Å². The highest BCUT2D eigenvalue weighted by molar-refractivity contribution is 5.69. The summed E-state index contributed by atoms with van der Waals surface area (Å²) >= 11 is 0. The van der Waals surface area contributed by atoms with Gasteiger partial charge in [0.2, 0.25) is 0 Å².